The van der Waals surface area contributed by atoms with Gasteiger partial charge in [0.1, 0.15) is 7.38 Å². The van der Waals surface area contributed by atoms with E-state index in [0.29, 0.717) is 5.92 Å². The summed E-state index contributed by atoms with van der Waals surface area (Å²) >= 11 is 6.34. The Kier molecular flexibility index (Phi) is 3.55. The molecule has 1 unspecified atom stereocenters. The fourth-order valence-electron chi connectivity index (χ4n) is 2.32. The molecular formula is C14H19ClSi. The van der Waals surface area contributed by atoms with Gasteiger partial charge in [0.25, 0.3) is 0 Å². The standard InChI is InChI=1S/C14H19ClSi/c1-16(2,15)11-5-7-13-10-9-12-6-3-4-8-14(12)13/h3-4,6,8-10,13H,5,7,11H2,1-2H3. The first-order chi connectivity index (χ1) is 7.56. The quantitative estimate of drug-likeness (QED) is 0.520. The molecule has 0 radical (unpaired) electrons. The van der Waals surface area contributed by atoms with Crippen molar-refractivity contribution in [2.45, 2.75) is 37.9 Å². The van der Waals surface area contributed by atoms with Crippen LogP contribution >= 0.6 is 11.1 Å². The van der Waals surface area contributed by atoms with Gasteiger partial charge in [0.2, 0.25) is 0 Å². The fourth-order valence-corrected chi connectivity index (χ4v) is 3.76. The van der Waals surface area contributed by atoms with Crippen LogP contribution in [0.2, 0.25) is 19.1 Å². The van der Waals surface area contributed by atoms with Gasteiger partial charge in [-0.2, -0.15) is 11.1 Å². The lowest BCUT2D eigenvalue weighted by atomic mass is 9.97. The largest absolute Gasteiger partial charge is 0.168 e. The van der Waals surface area contributed by atoms with Crippen molar-refractivity contribution >= 4 is 24.5 Å². The Morgan fingerprint density at radius 1 is 1.25 bits per heavy atom. The number of hydrogen-bond acceptors (Lipinski definition) is 0. The summed E-state index contributed by atoms with van der Waals surface area (Å²) in [5, 5.41) is 0. The molecule has 86 valence electrons. The highest BCUT2D eigenvalue weighted by Gasteiger charge is 2.20. The van der Waals surface area contributed by atoms with Crippen LogP contribution in [-0.4, -0.2) is 7.38 Å². The predicted octanol–water partition coefficient (Wildman–Crippen LogP) is 5.02. The summed E-state index contributed by atoms with van der Waals surface area (Å²) in [5.41, 5.74) is 2.89. The van der Waals surface area contributed by atoms with E-state index in [9.17, 15) is 0 Å². The van der Waals surface area contributed by atoms with E-state index >= 15 is 0 Å². The Bertz CT molecular complexity index is 390. The number of halogens is 1. The van der Waals surface area contributed by atoms with Crippen molar-refractivity contribution in [3.63, 3.8) is 0 Å². The van der Waals surface area contributed by atoms with Crippen molar-refractivity contribution in [2.75, 3.05) is 0 Å². The normalized spacial score (nSPS) is 18.8. The average Bonchev–Trinajstić information content (AvgIpc) is 2.60. The SMILES string of the molecule is C[Si](C)(Cl)CCCC1C=Cc2ccccc21. The molecule has 0 bridgehead atoms. The van der Waals surface area contributed by atoms with Crippen LogP contribution in [0.1, 0.15) is 29.9 Å². The molecular weight excluding hydrogens is 232 g/mol. The second-order valence-electron chi connectivity index (χ2n) is 5.21. The molecule has 0 spiro atoms. The minimum Gasteiger partial charge on any atom is -0.168 e. The van der Waals surface area contributed by atoms with Crippen LogP contribution in [0.5, 0.6) is 0 Å². The molecule has 0 saturated heterocycles. The lowest BCUT2D eigenvalue weighted by molar-refractivity contribution is 0.720. The van der Waals surface area contributed by atoms with Crippen LogP contribution < -0.4 is 0 Å². The third-order valence-electron chi connectivity index (χ3n) is 3.19. The second kappa shape index (κ2) is 4.76. The van der Waals surface area contributed by atoms with E-state index in [-0.39, 0.29) is 0 Å². The number of rotatable bonds is 4. The number of allylic oxidation sites excluding steroid dienone is 1. The van der Waals surface area contributed by atoms with Crippen molar-refractivity contribution in [3.8, 4) is 0 Å². The molecule has 0 aromatic heterocycles. The van der Waals surface area contributed by atoms with Crippen molar-refractivity contribution in [3.05, 3.63) is 41.5 Å². The lowest BCUT2D eigenvalue weighted by Crippen LogP contribution is -2.15. The molecule has 1 aliphatic carbocycles. The van der Waals surface area contributed by atoms with Gasteiger partial charge in [0.05, 0.1) is 0 Å². The zero-order chi connectivity index (χ0) is 11.6. The van der Waals surface area contributed by atoms with Crippen LogP contribution in [-0.2, 0) is 0 Å². The molecule has 0 saturated carbocycles. The fraction of sp³-hybridized carbons (Fsp3) is 0.429. The zero-order valence-electron chi connectivity index (χ0n) is 10.0. The first-order valence-electron chi connectivity index (χ1n) is 6.02. The van der Waals surface area contributed by atoms with Crippen molar-refractivity contribution in [1.29, 1.82) is 0 Å². The molecule has 1 aromatic carbocycles. The minimum atomic E-state index is -1.37. The summed E-state index contributed by atoms with van der Waals surface area (Å²) in [6.07, 6.45) is 7.10. The van der Waals surface area contributed by atoms with Gasteiger partial charge >= 0.3 is 0 Å². The van der Waals surface area contributed by atoms with Crippen molar-refractivity contribution < 1.29 is 0 Å². The lowest BCUT2D eigenvalue weighted by Gasteiger charge is -2.15. The molecule has 1 atom stereocenters. The molecule has 0 amide bonds. The van der Waals surface area contributed by atoms with Gasteiger partial charge in [-0.15, -0.1) is 0 Å². The van der Waals surface area contributed by atoms with Gasteiger partial charge in [0, 0.05) is 5.92 Å². The molecule has 0 heterocycles. The summed E-state index contributed by atoms with van der Waals surface area (Å²) in [6.45, 7) is 4.46. The highest BCUT2D eigenvalue weighted by Crippen LogP contribution is 2.34. The minimum absolute atomic E-state index is 0.629. The van der Waals surface area contributed by atoms with E-state index in [2.05, 4.69) is 49.5 Å². The van der Waals surface area contributed by atoms with Crippen molar-refractivity contribution in [2.24, 2.45) is 0 Å². The van der Waals surface area contributed by atoms with Crippen LogP contribution in [0.3, 0.4) is 0 Å². The second-order valence-corrected chi connectivity index (χ2v) is 12.2. The van der Waals surface area contributed by atoms with Crippen LogP contribution in [0.15, 0.2) is 30.3 Å². The molecule has 0 aliphatic heterocycles. The van der Waals surface area contributed by atoms with Gasteiger partial charge in [-0.3, -0.25) is 0 Å². The van der Waals surface area contributed by atoms with Gasteiger partial charge in [0.15, 0.2) is 0 Å². The van der Waals surface area contributed by atoms with Crippen LogP contribution in [0, 0.1) is 0 Å². The summed E-state index contributed by atoms with van der Waals surface area (Å²) in [6, 6.07) is 9.93. The first kappa shape index (κ1) is 11.9. The smallest absolute Gasteiger partial charge is 0.150 e. The summed E-state index contributed by atoms with van der Waals surface area (Å²) in [4.78, 5) is 0. The van der Waals surface area contributed by atoms with E-state index in [0.717, 1.165) is 0 Å². The Morgan fingerprint density at radius 2 is 2.00 bits per heavy atom. The third kappa shape index (κ3) is 2.99. The molecule has 0 fully saturated rings. The Balaban J connectivity index is 1.92. The maximum absolute atomic E-state index is 6.34. The first-order valence-corrected chi connectivity index (χ1v) is 10.2. The van der Waals surface area contributed by atoms with Crippen LogP contribution in [0.25, 0.3) is 6.08 Å². The summed E-state index contributed by atoms with van der Waals surface area (Å²) in [7, 11) is -1.37. The molecule has 0 N–H and O–H groups in total. The Morgan fingerprint density at radius 3 is 2.75 bits per heavy atom. The van der Waals surface area contributed by atoms with Crippen molar-refractivity contribution in [1.82, 2.24) is 0 Å². The number of benzene rings is 1. The predicted molar refractivity (Wildman–Crippen MR) is 75.6 cm³/mol. The van der Waals surface area contributed by atoms with E-state index in [1.54, 1.807) is 0 Å². The van der Waals surface area contributed by atoms with E-state index in [1.165, 1.54) is 30.0 Å². The molecule has 16 heavy (non-hydrogen) atoms. The van der Waals surface area contributed by atoms with Gasteiger partial charge < -0.3 is 0 Å². The summed E-state index contributed by atoms with van der Waals surface area (Å²) in [5.74, 6) is 0.629. The van der Waals surface area contributed by atoms with Gasteiger partial charge in [-0.05, 0) is 23.6 Å². The maximum atomic E-state index is 6.34. The molecule has 1 aromatic rings. The highest BCUT2D eigenvalue weighted by molar-refractivity contribution is 7.19. The molecule has 2 rings (SSSR count). The maximum Gasteiger partial charge on any atom is 0.150 e. The number of fused-ring (bicyclic) bond motifs is 1. The third-order valence-corrected chi connectivity index (χ3v) is 5.30. The molecule has 2 heteroatoms. The van der Waals surface area contributed by atoms with Gasteiger partial charge in [-0.1, -0.05) is 55.9 Å². The topological polar surface area (TPSA) is 0 Å². The Hall–Kier alpha value is -0.533. The summed E-state index contributed by atoms with van der Waals surface area (Å²) < 4.78 is 0. The van der Waals surface area contributed by atoms with Crippen LogP contribution in [0.4, 0.5) is 0 Å². The van der Waals surface area contributed by atoms with E-state index in [4.69, 9.17) is 11.1 Å². The highest BCUT2D eigenvalue weighted by atomic mass is 35.6. The van der Waals surface area contributed by atoms with Gasteiger partial charge in [-0.25, -0.2) is 0 Å². The Labute approximate surface area is 104 Å². The average molecular weight is 251 g/mol. The molecule has 1 aliphatic rings. The monoisotopic (exact) mass is 250 g/mol. The molecule has 0 nitrogen and oxygen atoms in total. The van der Waals surface area contributed by atoms with E-state index < -0.39 is 7.38 Å². The van der Waals surface area contributed by atoms with E-state index in [1.807, 2.05) is 0 Å². The zero-order valence-corrected chi connectivity index (χ0v) is 11.8. The number of hydrogen-bond donors (Lipinski definition) is 0.